The Kier molecular flexibility index (Phi) is 4.19. The van der Waals surface area contributed by atoms with Crippen LogP contribution in [0.4, 0.5) is 0 Å². The van der Waals surface area contributed by atoms with Gasteiger partial charge in [-0.3, -0.25) is 0 Å². The summed E-state index contributed by atoms with van der Waals surface area (Å²) in [4.78, 5) is 0. The second-order valence-corrected chi connectivity index (χ2v) is 5.91. The van der Waals surface area contributed by atoms with Gasteiger partial charge in [0.05, 0.1) is 6.10 Å². The first kappa shape index (κ1) is 13.1. The summed E-state index contributed by atoms with van der Waals surface area (Å²) in [6, 6.07) is 10.2. The van der Waals surface area contributed by atoms with E-state index in [0.717, 1.165) is 6.61 Å². The van der Waals surface area contributed by atoms with E-state index in [4.69, 9.17) is 4.74 Å². The van der Waals surface area contributed by atoms with E-state index < -0.39 is 0 Å². The maximum atomic E-state index is 5.65. The molecular weight excluding hydrogens is 234 g/mol. The molecule has 1 atom stereocenters. The fourth-order valence-electron chi connectivity index (χ4n) is 3.45. The van der Waals surface area contributed by atoms with Crippen molar-refractivity contribution < 1.29 is 4.74 Å². The van der Waals surface area contributed by atoms with Crippen molar-refractivity contribution in [2.45, 2.75) is 63.6 Å². The van der Waals surface area contributed by atoms with Crippen LogP contribution in [0, 0.1) is 0 Å². The van der Waals surface area contributed by atoms with Crippen LogP contribution in [0.2, 0.25) is 0 Å². The molecule has 2 heteroatoms. The van der Waals surface area contributed by atoms with Gasteiger partial charge in [-0.15, -0.1) is 0 Å². The summed E-state index contributed by atoms with van der Waals surface area (Å²) < 4.78 is 5.65. The molecule has 2 aliphatic carbocycles. The largest absolute Gasteiger partial charge is 0.378 e. The lowest BCUT2D eigenvalue weighted by Gasteiger charge is -2.38. The molecule has 104 valence electrons. The van der Waals surface area contributed by atoms with Gasteiger partial charge in [0.15, 0.2) is 0 Å². The minimum atomic E-state index is 0.503. The fourth-order valence-corrected chi connectivity index (χ4v) is 3.45. The molecule has 19 heavy (non-hydrogen) atoms. The number of rotatable bonds is 4. The van der Waals surface area contributed by atoms with Crippen molar-refractivity contribution in [2.75, 3.05) is 6.61 Å². The van der Waals surface area contributed by atoms with E-state index in [9.17, 15) is 0 Å². The molecule has 2 aliphatic rings. The third-order valence-corrected chi connectivity index (χ3v) is 4.55. The molecule has 1 N–H and O–H groups in total. The van der Waals surface area contributed by atoms with Gasteiger partial charge in [0.2, 0.25) is 0 Å². The zero-order chi connectivity index (χ0) is 13.1. The smallest absolute Gasteiger partial charge is 0.0604 e. The Morgan fingerprint density at radius 3 is 2.89 bits per heavy atom. The SMILES string of the molecule is CCOC1CC(NC2CCCCc3ccccc32)C1. The Morgan fingerprint density at radius 2 is 2.05 bits per heavy atom. The zero-order valence-electron chi connectivity index (χ0n) is 11.9. The number of hydrogen-bond donors (Lipinski definition) is 1. The minimum absolute atomic E-state index is 0.503. The minimum Gasteiger partial charge on any atom is -0.378 e. The van der Waals surface area contributed by atoms with Crippen molar-refractivity contribution in [3.05, 3.63) is 35.4 Å². The molecule has 1 saturated carbocycles. The molecule has 1 aromatic carbocycles. The van der Waals surface area contributed by atoms with E-state index >= 15 is 0 Å². The van der Waals surface area contributed by atoms with Gasteiger partial charge in [0.25, 0.3) is 0 Å². The third kappa shape index (κ3) is 3.01. The molecule has 0 saturated heterocycles. The first-order valence-corrected chi connectivity index (χ1v) is 7.82. The average Bonchev–Trinajstić information content (AvgIpc) is 2.59. The van der Waals surface area contributed by atoms with Crippen LogP contribution < -0.4 is 5.32 Å². The summed E-state index contributed by atoms with van der Waals surface area (Å²) in [5, 5.41) is 3.86. The Morgan fingerprint density at radius 1 is 1.21 bits per heavy atom. The molecule has 0 amide bonds. The average molecular weight is 259 g/mol. The van der Waals surface area contributed by atoms with Crippen LogP contribution in [0.25, 0.3) is 0 Å². The Bertz CT molecular complexity index is 411. The van der Waals surface area contributed by atoms with Crippen LogP contribution in [-0.2, 0) is 11.2 Å². The van der Waals surface area contributed by atoms with Gasteiger partial charge in [-0.25, -0.2) is 0 Å². The van der Waals surface area contributed by atoms with Crippen molar-refractivity contribution in [3.63, 3.8) is 0 Å². The molecule has 0 aliphatic heterocycles. The van der Waals surface area contributed by atoms with Crippen LogP contribution in [0.15, 0.2) is 24.3 Å². The van der Waals surface area contributed by atoms with Crippen molar-refractivity contribution in [2.24, 2.45) is 0 Å². The van der Waals surface area contributed by atoms with Crippen LogP contribution in [0.5, 0.6) is 0 Å². The highest BCUT2D eigenvalue weighted by Crippen LogP contribution is 2.32. The Labute approximate surface area is 116 Å². The molecule has 0 spiro atoms. The van der Waals surface area contributed by atoms with Crippen molar-refractivity contribution >= 4 is 0 Å². The quantitative estimate of drug-likeness (QED) is 0.834. The lowest BCUT2D eigenvalue weighted by molar-refractivity contribution is -0.0127. The van der Waals surface area contributed by atoms with Crippen LogP contribution in [0.1, 0.15) is 56.2 Å². The highest BCUT2D eigenvalue weighted by atomic mass is 16.5. The highest BCUT2D eigenvalue weighted by Gasteiger charge is 2.32. The van der Waals surface area contributed by atoms with Gasteiger partial charge in [-0.1, -0.05) is 30.7 Å². The molecular formula is C17H25NO. The van der Waals surface area contributed by atoms with E-state index in [1.807, 2.05) is 0 Å². The summed E-state index contributed by atoms with van der Waals surface area (Å²) in [7, 11) is 0. The summed E-state index contributed by atoms with van der Waals surface area (Å²) in [6.45, 7) is 2.94. The number of aryl methyl sites for hydroxylation is 1. The van der Waals surface area contributed by atoms with E-state index in [-0.39, 0.29) is 0 Å². The Balaban J connectivity index is 1.62. The number of fused-ring (bicyclic) bond motifs is 1. The maximum Gasteiger partial charge on any atom is 0.0604 e. The fraction of sp³-hybridized carbons (Fsp3) is 0.647. The topological polar surface area (TPSA) is 21.3 Å². The molecule has 0 radical (unpaired) electrons. The third-order valence-electron chi connectivity index (χ3n) is 4.55. The van der Waals surface area contributed by atoms with Crippen LogP contribution >= 0.6 is 0 Å². The standard InChI is InChI=1S/C17H25NO/c1-2-19-15-11-14(12-15)18-17-10-6-4-8-13-7-3-5-9-16(13)17/h3,5,7,9,14-15,17-18H,2,4,6,8,10-12H2,1H3. The van der Waals surface area contributed by atoms with Gasteiger partial charge in [-0.05, 0) is 50.2 Å². The van der Waals surface area contributed by atoms with Crippen LogP contribution in [-0.4, -0.2) is 18.8 Å². The van der Waals surface area contributed by atoms with E-state index in [1.165, 1.54) is 38.5 Å². The second-order valence-electron chi connectivity index (χ2n) is 5.91. The van der Waals surface area contributed by atoms with Crippen molar-refractivity contribution in [1.82, 2.24) is 5.32 Å². The second kappa shape index (κ2) is 6.06. The predicted molar refractivity (Wildman–Crippen MR) is 78.3 cm³/mol. The van der Waals surface area contributed by atoms with Crippen molar-refractivity contribution in [3.8, 4) is 0 Å². The molecule has 1 aromatic rings. The molecule has 0 bridgehead atoms. The van der Waals surface area contributed by atoms with E-state index in [0.29, 0.717) is 18.2 Å². The predicted octanol–water partition coefficient (Wildman–Crippen LogP) is 3.61. The van der Waals surface area contributed by atoms with Gasteiger partial charge < -0.3 is 10.1 Å². The highest BCUT2D eigenvalue weighted by molar-refractivity contribution is 5.31. The number of hydrogen-bond acceptors (Lipinski definition) is 2. The molecule has 0 aromatic heterocycles. The van der Waals surface area contributed by atoms with Crippen LogP contribution in [0.3, 0.4) is 0 Å². The first-order valence-electron chi connectivity index (χ1n) is 7.82. The molecule has 3 rings (SSSR count). The monoisotopic (exact) mass is 259 g/mol. The summed E-state index contributed by atoms with van der Waals surface area (Å²) in [5.74, 6) is 0. The maximum absolute atomic E-state index is 5.65. The van der Waals surface area contributed by atoms with E-state index in [1.54, 1.807) is 11.1 Å². The molecule has 1 fully saturated rings. The van der Waals surface area contributed by atoms with E-state index in [2.05, 4.69) is 36.5 Å². The zero-order valence-corrected chi connectivity index (χ0v) is 11.9. The van der Waals surface area contributed by atoms with Gasteiger partial charge in [0, 0.05) is 18.7 Å². The number of nitrogens with one attached hydrogen (secondary N) is 1. The summed E-state index contributed by atoms with van der Waals surface area (Å²) >= 11 is 0. The van der Waals surface area contributed by atoms with Gasteiger partial charge in [-0.2, -0.15) is 0 Å². The summed E-state index contributed by atoms with van der Waals surface area (Å²) in [5.41, 5.74) is 3.10. The normalized spacial score (nSPS) is 30.3. The molecule has 1 unspecified atom stereocenters. The Hall–Kier alpha value is -0.860. The number of benzene rings is 1. The van der Waals surface area contributed by atoms with Gasteiger partial charge >= 0.3 is 0 Å². The van der Waals surface area contributed by atoms with Crippen molar-refractivity contribution in [1.29, 1.82) is 0 Å². The first-order chi connectivity index (χ1) is 9.36. The lowest BCUT2D eigenvalue weighted by atomic mass is 9.87. The van der Waals surface area contributed by atoms with Gasteiger partial charge in [0.1, 0.15) is 0 Å². The number of ether oxygens (including phenoxy) is 1. The lowest BCUT2D eigenvalue weighted by Crippen LogP contribution is -2.46. The molecule has 0 heterocycles. The molecule has 2 nitrogen and oxygen atoms in total. The summed E-state index contributed by atoms with van der Waals surface area (Å²) in [6.07, 6.45) is 8.09.